The SMILES string of the molecule is CCC[C@@H](C)NC(=O)COc1ccc(S(=O)(=O)Nc2ccc(Br)cc2)cc1. The highest BCUT2D eigenvalue weighted by Gasteiger charge is 2.14. The third-order valence-corrected chi connectivity index (χ3v) is 5.66. The number of halogens is 1. The summed E-state index contributed by atoms with van der Waals surface area (Å²) in [6, 6.07) is 12.9. The lowest BCUT2D eigenvalue weighted by Crippen LogP contribution is -2.35. The lowest BCUT2D eigenvalue weighted by Gasteiger charge is -2.13. The Morgan fingerprint density at radius 2 is 1.74 bits per heavy atom. The fraction of sp³-hybridized carbons (Fsp3) is 0.316. The molecule has 27 heavy (non-hydrogen) atoms. The lowest BCUT2D eigenvalue weighted by molar-refractivity contribution is -0.123. The topological polar surface area (TPSA) is 84.5 Å². The zero-order valence-electron chi connectivity index (χ0n) is 15.2. The summed E-state index contributed by atoms with van der Waals surface area (Å²) in [6.45, 7) is 3.89. The van der Waals surface area contributed by atoms with E-state index in [0.717, 1.165) is 17.3 Å². The minimum Gasteiger partial charge on any atom is -0.484 e. The number of benzene rings is 2. The number of carbonyl (C=O) groups excluding carboxylic acids is 1. The first kappa shape index (κ1) is 21.2. The maximum atomic E-state index is 12.4. The number of amides is 1. The molecule has 0 heterocycles. The third-order valence-electron chi connectivity index (χ3n) is 3.73. The van der Waals surface area contributed by atoms with Crippen LogP contribution in [0.1, 0.15) is 26.7 Å². The van der Waals surface area contributed by atoms with Crippen molar-refractivity contribution in [3.8, 4) is 5.75 Å². The maximum Gasteiger partial charge on any atom is 0.261 e. The molecule has 0 saturated carbocycles. The van der Waals surface area contributed by atoms with E-state index in [1.54, 1.807) is 24.3 Å². The minimum absolute atomic E-state index is 0.100. The van der Waals surface area contributed by atoms with Crippen LogP contribution in [0.4, 0.5) is 5.69 Å². The molecular weight excluding hydrogens is 432 g/mol. The summed E-state index contributed by atoms with van der Waals surface area (Å²) in [6.07, 6.45) is 1.90. The second-order valence-corrected chi connectivity index (χ2v) is 8.73. The first-order valence-corrected chi connectivity index (χ1v) is 10.9. The molecule has 2 aromatic carbocycles. The first-order valence-electron chi connectivity index (χ1n) is 8.61. The van der Waals surface area contributed by atoms with Gasteiger partial charge in [0.15, 0.2) is 6.61 Å². The predicted molar refractivity (Wildman–Crippen MR) is 109 cm³/mol. The van der Waals surface area contributed by atoms with Crippen molar-refractivity contribution in [1.82, 2.24) is 5.32 Å². The molecule has 0 radical (unpaired) electrons. The van der Waals surface area contributed by atoms with E-state index in [-0.39, 0.29) is 23.5 Å². The van der Waals surface area contributed by atoms with Crippen LogP contribution in [0.5, 0.6) is 5.75 Å². The predicted octanol–water partition coefficient (Wildman–Crippen LogP) is 3.93. The molecule has 0 unspecified atom stereocenters. The molecule has 2 aromatic rings. The summed E-state index contributed by atoms with van der Waals surface area (Å²) in [4.78, 5) is 11.9. The number of hydrogen-bond donors (Lipinski definition) is 2. The van der Waals surface area contributed by atoms with E-state index in [1.165, 1.54) is 24.3 Å². The summed E-state index contributed by atoms with van der Waals surface area (Å²) < 4.78 is 33.6. The van der Waals surface area contributed by atoms with Crippen LogP contribution < -0.4 is 14.8 Å². The van der Waals surface area contributed by atoms with Gasteiger partial charge in [0.25, 0.3) is 15.9 Å². The highest BCUT2D eigenvalue weighted by atomic mass is 79.9. The van der Waals surface area contributed by atoms with Gasteiger partial charge >= 0.3 is 0 Å². The molecule has 0 aromatic heterocycles. The summed E-state index contributed by atoms with van der Waals surface area (Å²) in [5.41, 5.74) is 0.469. The molecule has 1 amide bonds. The van der Waals surface area contributed by atoms with Crippen LogP contribution in [0.2, 0.25) is 0 Å². The Labute approximate surface area is 168 Å². The van der Waals surface area contributed by atoms with Gasteiger partial charge in [-0.3, -0.25) is 9.52 Å². The summed E-state index contributed by atoms with van der Waals surface area (Å²) in [5, 5.41) is 2.84. The minimum atomic E-state index is -3.70. The second kappa shape index (κ2) is 9.75. The molecular formula is C19H23BrN2O4S. The molecule has 0 spiro atoms. The van der Waals surface area contributed by atoms with E-state index in [4.69, 9.17) is 4.74 Å². The van der Waals surface area contributed by atoms with Crippen molar-refractivity contribution in [2.75, 3.05) is 11.3 Å². The van der Waals surface area contributed by atoms with Crippen molar-refractivity contribution in [2.24, 2.45) is 0 Å². The molecule has 0 fully saturated rings. The molecule has 2 N–H and O–H groups in total. The van der Waals surface area contributed by atoms with E-state index in [9.17, 15) is 13.2 Å². The van der Waals surface area contributed by atoms with Crippen LogP contribution in [0, 0.1) is 0 Å². The van der Waals surface area contributed by atoms with Crippen LogP contribution in [0.3, 0.4) is 0 Å². The quantitative estimate of drug-likeness (QED) is 0.600. The number of anilines is 1. The van der Waals surface area contributed by atoms with Crippen molar-refractivity contribution < 1.29 is 17.9 Å². The first-order chi connectivity index (χ1) is 12.8. The molecule has 0 aliphatic rings. The fourth-order valence-electron chi connectivity index (χ4n) is 2.42. The zero-order valence-corrected chi connectivity index (χ0v) is 17.6. The molecule has 0 saturated heterocycles. The third kappa shape index (κ3) is 6.88. The van der Waals surface area contributed by atoms with Crippen LogP contribution in [0.15, 0.2) is 57.9 Å². The Morgan fingerprint density at radius 1 is 1.11 bits per heavy atom. The van der Waals surface area contributed by atoms with E-state index in [1.807, 2.05) is 6.92 Å². The van der Waals surface area contributed by atoms with Gasteiger partial charge in [-0.1, -0.05) is 29.3 Å². The molecule has 0 aliphatic carbocycles. The summed E-state index contributed by atoms with van der Waals surface area (Å²) in [5.74, 6) is 0.223. The normalized spacial score (nSPS) is 12.3. The average Bonchev–Trinajstić information content (AvgIpc) is 2.62. The van der Waals surface area contributed by atoms with Crippen molar-refractivity contribution in [1.29, 1.82) is 0 Å². The Hall–Kier alpha value is -2.06. The monoisotopic (exact) mass is 454 g/mol. The van der Waals surface area contributed by atoms with E-state index >= 15 is 0 Å². The standard InChI is InChI=1S/C19H23BrN2O4S/c1-3-4-14(2)21-19(23)13-26-17-9-11-18(12-10-17)27(24,25)22-16-7-5-15(20)6-8-16/h5-12,14,22H,3-4,13H2,1-2H3,(H,21,23)/t14-/m1/s1. The van der Waals surface area contributed by atoms with Crippen molar-refractivity contribution in [3.05, 3.63) is 53.0 Å². The molecule has 0 bridgehead atoms. The second-order valence-electron chi connectivity index (χ2n) is 6.13. The zero-order chi connectivity index (χ0) is 19.9. The van der Waals surface area contributed by atoms with Gasteiger partial charge in [-0.2, -0.15) is 0 Å². The van der Waals surface area contributed by atoms with Gasteiger partial charge in [0.2, 0.25) is 0 Å². The van der Waals surface area contributed by atoms with Gasteiger partial charge < -0.3 is 10.1 Å². The highest BCUT2D eigenvalue weighted by molar-refractivity contribution is 9.10. The largest absolute Gasteiger partial charge is 0.484 e. The van der Waals surface area contributed by atoms with Gasteiger partial charge in [-0.05, 0) is 61.9 Å². The molecule has 146 valence electrons. The Balaban J connectivity index is 1.93. The molecule has 8 heteroatoms. The van der Waals surface area contributed by atoms with Gasteiger partial charge in [0.1, 0.15) is 5.75 Å². The lowest BCUT2D eigenvalue weighted by atomic mass is 10.2. The Morgan fingerprint density at radius 3 is 2.33 bits per heavy atom. The Kier molecular flexibility index (Phi) is 7.67. The van der Waals surface area contributed by atoms with Gasteiger partial charge in [-0.25, -0.2) is 8.42 Å². The van der Waals surface area contributed by atoms with Crippen molar-refractivity contribution in [2.45, 2.75) is 37.6 Å². The van der Waals surface area contributed by atoms with Crippen molar-refractivity contribution >= 4 is 37.5 Å². The number of carbonyl (C=O) groups is 1. The van der Waals surface area contributed by atoms with E-state index in [2.05, 4.69) is 32.9 Å². The maximum absolute atomic E-state index is 12.4. The highest BCUT2D eigenvalue weighted by Crippen LogP contribution is 2.20. The van der Waals surface area contributed by atoms with E-state index < -0.39 is 10.0 Å². The summed E-state index contributed by atoms with van der Waals surface area (Å²) in [7, 11) is -3.70. The van der Waals surface area contributed by atoms with Gasteiger partial charge in [0, 0.05) is 16.2 Å². The average molecular weight is 455 g/mol. The number of rotatable bonds is 9. The molecule has 0 aliphatic heterocycles. The molecule has 2 rings (SSSR count). The van der Waals surface area contributed by atoms with Gasteiger partial charge in [0.05, 0.1) is 4.90 Å². The van der Waals surface area contributed by atoms with Crippen molar-refractivity contribution in [3.63, 3.8) is 0 Å². The van der Waals surface area contributed by atoms with Crippen LogP contribution in [0.25, 0.3) is 0 Å². The number of hydrogen-bond acceptors (Lipinski definition) is 4. The van der Waals surface area contributed by atoms with Crippen LogP contribution in [-0.4, -0.2) is 27.0 Å². The smallest absolute Gasteiger partial charge is 0.261 e. The number of ether oxygens (including phenoxy) is 1. The Bertz CT molecular complexity index is 852. The van der Waals surface area contributed by atoms with Crippen LogP contribution in [-0.2, 0) is 14.8 Å². The van der Waals surface area contributed by atoms with Gasteiger partial charge in [-0.15, -0.1) is 0 Å². The van der Waals surface area contributed by atoms with E-state index in [0.29, 0.717) is 11.4 Å². The fourth-order valence-corrected chi connectivity index (χ4v) is 3.74. The molecule has 1 atom stereocenters. The van der Waals surface area contributed by atoms with Crippen LogP contribution >= 0.6 is 15.9 Å². The number of sulfonamides is 1. The number of nitrogens with one attached hydrogen (secondary N) is 2. The summed E-state index contributed by atoms with van der Waals surface area (Å²) >= 11 is 3.30. The molecule has 6 nitrogen and oxygen atoms in total.